The minimum absolute atomic E-state index is 0.0265. The molecule has 3 rings (SSSR count). The maximum Gasteiger partial charge on any atom is 0.315 e. The molecule has 2 unspecified atom stereocenters. The first kappa shape index (κ1) is 16.7. The summed E-state index contributed by atoms with van der Waals surface area (Å²) in [5, 5.41) is 8.71. The van der Waals surface area contributed by atoms with Gasteiger partial charge in [-0.2, -0.15) is 0 Å². The Labute approximate surface area is 144 Å². The van der Waals surface area contributed by atoms with Crippen molar-refractivity contribution in [3.05, 3.63) is 46.7 Å². The lowest BCUT2D eigenvalue weighted by molar-refractivity contribution is 0.221. The van der Waals surface area contributed by atoms with Crippen molar-refractivity contribution >= 4 is 17.4 Å². The van der Waals surface area contributed by atoms with Gasteiger partial charge in [-0.05, 0) is 37.8 Å². The number of nitrogens with zero attached hydrogens (tertiary/aromatic N) is 1. The highest BCUT2D eigenvalue weighted by Gasteiger charge is 2.35. The highest BCUT2D eigenvalue weighted by Crippen LogP contribution is 2.41. The molecule has 128 valence electrons. The van der Waals surface area contributed by atoms with Gasteiger partial charge < -0.3 is 15.4 Å². The number of carbonyl (C=O) groups excluding carboxylic acids is 1. The molecule has 2 aromatic rings. The van der Waals surface area contributed by atoms with Crippen LogP contribution in [0.25, 0.3) is 0 Å². The third-order valence-electron chi connectivity index (χ3n) is 3.77. The lowest BCUT2D eigenvalue weighted by atomic mass is 10.2. The summed E-state index contributed by atoms with van der Waals surface area (Å²) in [6.07, 6.45) is 3.98. The minimum atomic E-state index is -0.346. The fourth-order valence-corrected chi connectivity index (χ4v) is 3.21. The highest BCUT2D eigenvalue weighted by molar-refractivity contribution is 7.09. The first-order valence-corrected chi connectivity index (χ1v) is 8.84. The van der Waals surface area contributed by atoms with Crippen molar-refractivity contribution in [1.29, 1.82) is 0 Å². The number of carbonyl (C=O) groups is 1. The zero-order chi connectivity index (χ0) is 16.9. The number of rotatable bonds is 7. The van der Waals surface area contributed by atoms with E-state index in [-0.39, 0.29) is 30.5 Å². The molecule has 1 aliphatic rings. The fraction of sp³-hybridized carbons (Fsp3) is 0.412. The van der Waals surface area contributed by atoms with Gasteiger partial charge in [0.1, 0.15) is 23.2 Å². The molecular formula is C17H20FN3O2S. The van der Waals surface area contributed by atoms with E-state index in [1.165, 1.54) is 12.1 Å². The molecule has 2 atom stereocenters. The van der Waals surface area contributed by atoms with Crippen molar-refractivity contribution in [3.8, 4) is 5.75 Å². The van der Waals surface area contributed by atoms with E-state index in [4.69, 9.17) is 4.74 Å². The van der Waals surface area contributed by atoms with Crippen molar-refractivity contribution in [2.75, 3.05) is 6.61 Å². The standard InChI is InChI=1S/C17H20FN3O2S/c1-11(10-23-14-4-2-3-13(18)9-14)20-17(22)21-15(12-5-6-12)16-19-7-8-24-16/h2-4,7-9,11-12,15H,5-6,10H2,1H3,(H2,20,21,22). The van der Waals surface area contributed by atoms with Gasteiger partial charge in [0.05, 0.1) is 12.1 Å². The van der Waals surface area contributed by atoms with E-state index >= 15 is 0 Å². The molecule has 1 aromatic heterocycles. The van der Waals surface area contributed by atoms with Crippen LogP contribution in [0.2, 0.25) is 0 Å². The van der Waals surface area contributed by atoms with Gasteiger partial charge in [0.25, 0.3) is 0 Å². The number of nitrogens with one attached hydrogen (secondary N) is 2. The van der Waals surface area contributed by atoms with Crippen LogP contribution < -0.4 is 15.4 Å². The maximum atomic E-state index is 13.1. The Kier molecular flexibility index (Phi) is 5.30. The Morgan fingerprint density at radius 2 is 2.29 bits per heavy atom. The average Bonchev–Trinajstić information content (AvgIpc) is 3.25. The second-order valence-corrected chi connectivity index (χ2v) is 6.90. The zero-order valence-electron chi connectivity index (χ0n) is 13.4. The first-order chi connectivity index (χ1) is 11.6. The smallest absolute Gasteiger partial charge is 0.315 e. The number of halogens is 1. The zero-order valence-corrected chi connectivity index (χ0v) is 14.2. The molecule has 1 fully saturated rings. The Morgan fingerprint density at radius 1 is 1.46 bits per heavy atom. The van der Waals surface area contributed by atoms with Gasteiger partial charge in [0, 0.05) is 17.6 Å². The van der Waals surface area contributed by atoms with Crippen LogP contribution in [0.4, 0.5) is 9.18 Å². The number of urea groups is 1. The van der Waals surface area contributed by atoms with Crippen LogP contribution >= 0.6 is 11.3 Å². The second-order valence-electron chi connectivity index (χ2n) is 5.97. The number of aromatic nitrogens is 1. The van der Waals surface area contributed by atoms with E-state index in [1.54, 1.807) is 29.7 Å². The largest absolute Gasteiger partial charge is 0.491 e. The Bertz CT molecular complexity index is 676. The summed E-state index contributed by atoms with van der Waals surface area (Å²) in [4.78, 5) is 16.5. The molecule has 1 aromatic carbocycles. The summed E-state index contributed by atoms with van der Waals surface area (Å²) in [6.45, 7) is 2.11. The van der Waals surface area contributed by atoms with Crippen LogP contribution in [0, 0.1) is 11.7 Å². The van der Waals surface area contributed by atoms with Gasteiger partial charge >= 0.3 is 6.03 Å². The topological polar surface area (TPSA) is 63.2 Å². The van der Waals surface area contributed by atoms with E-state index in [2.05, 4.69) is 15.6 Å². The van der Waals surface area contributed by atoms with E-state index in [0.29, 0.717) is 11.7 Å². The van der Waals surface area contributed by atoms with Gasteiger partial charge in [-0.3, -0.25) is 0 Å². The molecule has 0 spiro atoms. The molecule has 2 N–H and O–H groups in total. The SMILES string of the molecule is CC(COc1cccc(F)c1)NC(=O)NC(c1nccs1)C1CC1. The van der Waals surface area contributed by atoms with Crippen molar-refractivity contribution in [2.24, 2.45) is 5.92 Å². The molecule has 7 heteroatoms. The predicted molar refractivity (Wildman–Crippen MR) is 90.6 cm³/mol. The van der Waals surface area contributed by atoms with Crippen molar-refractivity contribution in [3.63, 3.8) is 0 Å². The lowest BCUT2D eigenvalue weighted by Gasteiger charge is -2.19. The molecule has 1 aliphatic carbocycles. The molecule has 1 heterocycles. The molecule has 24 heavy (non-hydrogen) atoms. The van der Waals surface area contributed by atoms with Crippen molar-refractivity contribution < 1.29 is 13.9 Å². The van der Waals surface area contributed by atoms with Crippen LogP contribution in [-0.4, -0.2) is 23.7 Å². The van der Waals surface area contributed by atoms with Gasteiger partial charge in [0.15, 0.2) is 0 Å². The fourth-order valence-electron chi connectivity index (χ4n) is 2.43. The maximum absolute atomic E-state index is 13.1. The van der Waals surface area contributed by atoms with E-state index in [0.717, 1.165) is 17.8 Å². The van der Waals surface area contributed by atoms with Crippen LogP contribution in [0.1, 0.15) is 30.8 Å². The van der Waals surface area contributed by atoms with E-state index < -0.39 is 0 Å². The average molecular weight is 349 g/mol. The van der Waals surface area contributed by atoms with Gasteiger partial charge in [0.2, 0.25) is 0 Å². The molecule has 5 nitrogen and oxygen atoms in total. The monoisotopic (exact) mass is 349 g/mol. The molecule has 0 saturated heterocycles. The number of ether oxygens (including phenoxy) is 1. The number of benzene rings is 1. The summed E-state index contributed by atoms with van der Waals surface area (Å²) in [5.41, 5.74) is 0. The normalized spacial score (nSPS) is 16.2. The Balaban J connectivity index is 1.47. The third-order valence-corrected chi connectivity index (χ3v) is 4.63. The van der Waals surface area contributed by atoms with Gasteiger partial charge in [-0.15, -0.1) is 11.3 Å². The Morgan fingerprint density at radius 3 is 2.96 bits per heavy atom. The predicted octanol–water partition coefficient (Wildman–Crippen LogP) is 3.50. The number of hydrogen-bond donors (Lipinski definition) is 2. The molecule has 0 radical (unpaired) electrons. The third kappa shape index (κ3) is 4.67. The van der Waals surface area contributed by atoms with Crippen molar-refractivity contribution in [2.45, 2.75) is 31.8 Å². The summed E-state index contributed by atoms with van der Waals surface area (Å²) >= 11 is 1.56. The molecule has 1 saturated carbocycles. The molecule has 0 bridgehead atoms. The molecular weight excluding hydrogens is 329 g/mol. The van der Waals surface area contributed by atoms with E-state index in [9.17, 15) is 9.18 Å². The second kappa shape index (κ2) is 7.61. The van der Waals surface area contributed by atoms with Crippen LogP contribution in [0.15, 0.2) is 35.8 Å². The summed E-state index contributed by atoms with van der Waals surface area (Å²) in [5.74, 6) is 0.574. The minimum Gasteiger partial charge on any atom is -0.491 e. The van der Waals surface area contributed by atoms with E-state index in [1.807, 2.05) is 12.3 Å². The van der Waals surface area contributed by atoms with Crippen LogP contribution in [0.5, 0.6) is 5.75 Å². The summed E-state index contributed by atoms with van der Waals surface area (Å²) in [6, 6.07) is 5.48. The molecule has 2 amide bonds. The highest BCUT2D eigenvalue weighted by atomic mass is 32.1. The van der Waals surface area contributed by atoms with Crippen LogP contribution in [0.3, 0.4) is 0 Å². The van der Waals surface area contributed by atoms with Crippen LogP contribution in [-0.2, 0) is 0 Å². The summed E-state index contributed by atoms with van der Waals surface area (Å²) < 4.78 is 18.6. The van der Waals surface area contributed by atoms with Gasteiger partial charge in [-0.1, -0.05) is 6.07 Å². The number of thiazole rings is 1. The Hall–Kier alpha value is -2.15. The van der Waals surface area contributed by atoms with Gasteiger partial charge in [-0.25, -0.2) is 14.2 Å². The molecule has 0 aliphatic heterocycles. The first-order valence-electron chi connectivity index (χ1n) is 7.96. The quantitative estimate of drug-likeness (QED) is 0.804. The lowest BCUT2D eigenvalue weighted by Crippen LogP contribution is -2.45. The van der Waals surface area contributed by atoms with Crippen molar-refractivity contribution in [1.82, 2.24) is 15.6 Å². The number of amides is 2. The summed E-state index contributed by atoms with van der Waals surface area (Å²) in [7, 11) is 0. The number of hydrogen-bond acceptors (Lipinski definition) is 4.